The van der Waals surface area contributed by atoms with E-state index >= 15 is 0 Å². The Kier molecular flexibility index (Phi) is 6.56. The Hall–Kier alpha value is -3.45. The summed E-state index contributed by atoms with van der Waals surface area (Å²) in [5.74, 6) is -0.891. The third-order valence-electron chi connectivity index (χ3n) is 4.91. The van der Waals surface area contributed by atoms with Crippen LogP contribution in [0.25, 0.3) is 10.9 Å². The lowest BCUT2D eigenvalue weighted by atomic mass is 10.1. The quantitative estimate of drug-likeness (QED) is 0.263. The topological polar surface area (TPSA) is 107 Å². The average molecular weight is 439 g/mol. The lowest BCUT2D eigenvalue weighted by Gasteiger charge is -2.09. The van der Waals surface area contributed by atoms with E-state index in [0.717, 1.165) is 22.9 Å². The van der Waals surface area contributed by atoms with Crippen LogP contribution in [0.3, 0.4) is 0 Å². The number of aryl methyl sites for hydroxylation is 3. The van der Waals surface area contributed by atoms with Crippen LogP contribution in [0.1, 0.15) is 30.5 Å². The van der Waals surface area contributed by atoms with Gasteiger partial charge in [-0.1, -0.05) is 24.6 Å². The second-order valence-corrected chi connectivity index (χ2v) is 7.66. The maximum atomic E-state index is 12.7. The van der Waals surface area contributed by atoms with Gasteiger partial charge in [-0.05, 0) is 68.1 Å². The van der Waals surface area contributed by atoms with Crippen molar-refractivity contribution in [2.45, 2.75) is 34.1 Å². The van der Waals surface area contributed by atoms with E-state index in [2.05, 4.69) is 27.5 Å². The van der Waals surface area contributed by atoms with Gasteiger partial charge in [-0.2, -0.15) is 0 Å². The van der Waals surface area contributed by atoms with Crippen molar-refractivity contribution >= 4 is 39.8 Å². The SMILES string of the molecule is CCc1ccc(NC(=O)C(N=Nc2cc3[nH]c(=O)cc(C)c3cc2Cl)=C(C)O)cc1C. The molecule has 0 spiro atoms. The molecule has 3 aromatic rings. The monoisotopic (exact) mass is 438 g/mol. The third-order valence-corrected chi connectivity index (χ3v) is 5.22. The van der Waals surface area contributed by atoms with Crippen molar-refractivity contribution in [1.29, 1.82) is 0 Å². The first kappa shape index (κ1) is 22.2. The van der Waals surface area contributed by atoms with Gasteiger partial charge in [0.15, 0.2) is 5.70 Å². The second kappa shape index (κ2) is 9.14. The predicted molar refractivity (Wildman–Crippen MR) is 123 cm³/mol. The number of carbonyl (C=O) groups is 1. The number of hydrogen-bond donors (Lipinski definition) is 3. The van der Waals surface area contributed by atoms with Crippen molar-refractivity contribution < 1.29 is 9.90 Å². The molecule has 0 unspecified atom stereocenters. The van der Waals surface area contributed by atoms with Crippen LogP contribution >= 0.6 is 11.6 Å². The van der Waals surface area contributed by atoms with Gasteiger partial charge in [0.2, 0.25) is 5.56 Å². The lowest BCUT2D eigenvalue weighted by Crippen LogP contribution is -2.14. The van der Waals surface area contributed by atoms with Gasteiger partial charge in [-0.15, -0.1) is 10.2 Å². The number of nitrogens with one attached hydrogen (secondary N) is 2. The highest BCUT2D eigenvalue weighted by Gasteiger charge is 2.15. The Labute approximate surface area is 184 Å². The molecule has 2 aromatic carbocycles. The van der Waals surface area contributed by atoms with Crippen LogP contribution in [0.15, 0.2) is 62.9 Å². The Morgan fingerprint density at radius 3 is 2.55 bits per heavy atom. The van der Waals surface area contributed by atoms with Crippen LogP contribution in [0.5, 0.6) is 0 Å². The van der Waals surface area contributed by atoms with Gasteiger partial charge in [0.05, 0.1) is 10.5 Å². The molecule has 0 saturated carbocycles. The fourth-order valence-corrected chi connectivity index (χ4v) is 3.46. The second-order valence-electron chi connectivity index (χ2n) is 7.25. The highest BCUT2D eigenvalue weighted by Crippen LogP contribution is 2.31. The normalized spacial score (nSPS) is 12.3. The number of aliphatic hydroxyl groups excluding tert-OH is 1. The van der Waals surface area contributed by atoms with Crippen molar-refractivity contribution in [1.82, 2.24) is 4.98 Å². The molecule has 0 bridgehead atoms. The van der Waals surface area contributed by atoms with Crippen LogP contribution in [0.4, 0.5) is 11.4 Å². The van der Waals surface area contributed by atoms with Gasteiger partial charge in [0.25, 0.3) is 5.91 Å². The van der Waals surface area contributed by atoms with E-state index in [1.807, 2.05) is 26.0 Å². The minimum absolute atomic E-state index is 0.244. The number of pyridine rings is 1. The van der Waals surface area contributed by atoms with E-state index in [1.54, 1.807) is 18.2 Å². The van der Waals surface area contributed by atoms with E-state index in [1.165, 1.54) is 18.6 Å². The first-order chi connectivity index (χ1) is 14.7. The standard InChI is InChI=1S/C23H23ClN4O3/c1-5-15-6-7-16(8-12(15)2)25-23(31)22(14(4)29)28-27-20-11-19-17(10-18(20)24)13(3)9-21(30)26-19/h6-11,29H,5H2,1-4H3,(H,25,31)(H,26,30). The van der Waals surface area contributed by atoms with Crippen molar-refractivity contribution in [2.24, 2.45) is 10.2 Å². The summed E-state index contributed by atoms with van der Waals surface area (Å²) < 4.78 is 0. The number of fused-ring (bicyclic) bond motifs is 1. The van der Waals surface area contributed by atoms with Gasteiger partial charge in [0.1, 0.15) is 11.4 Å². The molecular formula is C23H23ClN4O3. The highest BCUT2D eigenvalue weighted by molar-refractivity contribution is 6.33. The Bertz CT molecular complexity index is 1290. The largest absolute Gasteiger partial charge is 0.510 e. The maximum Gasteiger partial charge on any atom is 0.279 e. The number of anilines is 1. The Morgan fingerprint density at radius 1 is 1.16 bits per heavy atom. The molecule has 3 N–H and O–H groups in total. The van der Waals surface area contributed by atoms with Crippen molar-refractivity contribution in [3.8, 4) is 0 Å². The number of H-pyrrole nitrogens is 1. The number of halogens is 1. The van der Waals surface area contributed by atoms with Crippen LogP contribution in [-0.4, -0.2) is 16.0 Å². The van der Waals surface area contributed by atoms with E-state index < -0.39 is 5.91 Å². The number of benzene rings is 2. The molecule has 0 aliphatic heterocycles. The number of allylic oxidation sites excluding steroid dienone is 1. The summed E-state index contributed by atoms with van der Waals surface area (Å²) in [6.07, 6.45) is 0.895. The predicted octanol–water partition coefficient (Wildman–Crippen LogP) is 5.87. The molecule has 31 heavy (non-hydrogen) atoms. The average Bonchev–Trinajstić information content (AvgIpc) is 2.69. The van der Waals surface area contributed by atoms with Crippen molar-refractivity contribution in [3.63, 3.8) is 0 Å². The Morgan fingerprint density at radius 2 is 1.90 bits per heavy atom. The number of azo groups is 1. The number of carbonyl (C=O) groups excluding carboxylic acids is 1. The van der Waals surface area contributed by atoms with Crippen LogP contribution in [0, 0.1) is 13.8 Å². The zero-order chi connectivity index (χ0) is 22.7. The summed E-state index contributed by atoms with van der Waals surface area (Å²) >= 11 is 6.31. The summed E-state index contributed by atoms with van der Waals surface area (Å²) in [4.78, 5) is 27.1. The van der Waals surface area contributed by atoms with Crippen molar-refractivity contribution in [3.05, 3.63) is 79.9 Å². The number of nitrogens with zero attached hydrogens (tertiary/aromatic N) is 2. The number of aromatic nitrogens is 1. The molecule has 0 aliphatic rings. The molecular weight excluding hydrogens is 416 g/mol. The molecule has 1 aromatic heterocycles. The summed E-state index contributed by atoms with van der Waals surface area (Å²) in [5, 5.41) is 21.7. The van der Waals surface area contributed by atoms with E-state index in [-0.39, 0.29) is 22.7 Å². The fraction of sp³-hybridized carbons (Fsp3) is 0.217. The molecule has 3 rings (SSSR count). The van der Waals surface area contributed by atoms with Gasteiger partial charge in [-0.3, -0.25) is 9.59 Å². The lowest BCUT2D eigenvalue weighted by molar-refractivity contribution is -0.113. The Balaban J connectivity index is 1.90. The zero-order valence-electron chi connectivity index (χ0n) is 17.7. The molecule has 0 saturated heterocycles. The maximum absolute atomic E-state index is 12.7. The number of amides is 1. The molecule has 0 aliphatic carbocycles. The fourth-order valence-electron chi connectivity index (χ4n) is 3.26. The summed E-state index contributed by atoms with van der Waals surface area (Å²) in [7, 11) is 0. The first-order valence-corrected chi connectivity index (χ1v) is 10.1. The zero-order valence-corrected chi connectivity index (χ0v) is 18.5. The summed E-state index contributed by atoms with van der Waals surface area (Å²) in [6, 6.07) is 10.3. The number of aliphatic hydroxyl groups is 1. The van der Waals surface area contributed by atoms with Gasteiger partial charge >= 0.3 is 0 Å². The third kappa shape index (κ3) is 5.00. The molecule has 0 fully saturated rings. The molecule has 0 radical (unpaired) electrons. The first-order valence-electron chi connectivity index (χ1n) is 9.75. The van der Waals surface area contributed by atoms with Crippen LogP contribution in [0.2, 0.25) is 5.02 Å². The molecule has 1 amide bonds. The van der Waals surface area contributed by atoms with Gasteiger partial charge < -0.3 is 15.4 Å². The van der Waals surface area contributed by atoms with E-state index in [9.17, 15) is 14.7 Å². The minimum atomic E-state index is -0.603. The molecule has 7 nitrogen and oxygen atoms in total. The molecule has 8 heteroatoms. The minimum Gasteiger partial charge on any atom is -0.510 e. The smallest absolute Gasteiger partial charge is 0.279 e. The molecule has 0 atom stereocenters. The van der Waals surface area contributed by atoms with Gasteiger partial charge in [0, 0.05) is 17.1 Å². The van der Waals surface area contributed by atoms with Crippen LogP contribution in [-0.2, 0) is 11.2 Å². The van der Waals surface area contributed by atoms with E-state index in [0.29, 0.717) is 16.2 Å². The highest BCUT2D eigenvalue weighted by atomic mass is 35.5. The van der Waals surface area contributed by atoms with E-state index in [4.69, 9.17) is 11.6 Å². The van der Waals surface area contributed by atoms with Crippen LogP contribution < -0.4 is 10.9 Å². The van der Waals surface area contributed by atoms with Crippen molar-refractivity contribution in [2.75, 3.05) is 5.32 Å². The number of hydrogen-bond acceptors (Lipinski definition) is 5. The summed E-state index contributed by atoms with van der Waals surface area (Å²) in [6.45, 7) is 7.19. The number of rotatable bonds is 5. The molecule has 1 heterocycles. The molecule has 160 valence electrons. The number of aromatic amines is 1. The van der Waals surface area contributed by atoms with Gasteiger partial charge in [-0.25, -0.2) is 0 Å². The summed E-state index contributed by atoms with van der Waals surface area (Å²) in [5.41, 5.74) is 3.92.